The van der Waals surface area contributed by atoms with Crippen LogP contribution in [0.4, 0.5) is 0 Å². The number of hydrogen-bond donors (Lipinski definition) is 1. The van der Waals surface area contributed by atoms with Gasteiger partial charge in [-0.15, -0.1) is 0 Å². The molecule has 0 aliphatic heterocycles. The average molecular weight is 354 g/mol. The lowest BCUT2D eigenvalue weighted by Crippen LogP contribution is -2.09. The molecule has 2 rings (SSSR count). The van der Waals surface area contributed by atoms with Crippen LogP contribution in [0.5, 0.6) is 11.5 Å². The summed E-state index contributed by atoms with van der Waals surface area (Å²) in [5.41, 5.74) is 8.86. The molecule has 0 aliphatic carbocycles. The molecule has 2 aromatic rings. The van der Waals surface area contributed by atoms with Crippen molar-refractivity contribution in [2.75, 3.05) is 7.11 Å². The van der Waals surface area contributed by atoms with Gasteiger partial charge in [0.05, 0.1) is 23.0 Å². The number of rotatable bonds is 5. The molecule has 0 spiro atoms. The zero-order valence-electron chi connectivity index (χ0n) is 12.7. The van der Waals surface area contributed by atoms with Gasteiger partial charge >= 0.3 is 0 Å². The quantitative estimate of drug-likeness (QED) is 0.896. The maximum atomic E-state index is 5.99. The number of hydrogen-bond acceptors (Lipinski definition) is 4. The summed E-state index contributed by atoms with van der Waals surface area (Å²) in [6, 6.07) is 5.57. The largest absolute Gasteiger partial charge is 0.497 e. The van der Waals surface area contributed by atoms with Gasteiger partial charge in [0.15, 0.2) is 0 Å². The first-order valence-electron chi connectivity index (χ1n) is 6.68. The van der Waals surface area contributed by atoms with E-state index in [1.807, 2.05) is 43.8 Å². The van der Waals surface area contributed by atoms with Gasteiger partial charge in [0.25, 0.3) is 0 Å². The molecule has 21 heavy (non-hydrogen) atoms. The molecule has 0 amide bonds. The lowest BCUT2D eigenvalue weighted by atomic mass is 10.1. The molecule has 6 heteroatoms. The number of ether oxygens (including phenoxy) is 2. The predicted molar refractivity (Wildman–Crippen MR) is 85.6 cm³/mol. The van der Waals surface area contributed by atoms with E-state index < -0.39 is 0 Å². The van der Waals surface area contributed by atoms with Gasteiger partial charge in [-0.2, -0.15) is 5.10 Å². The van der Waals surface area contributed by atoms with Crippen LogP contribution in [0.1, 0.15) is 29.9 Å². The van der Waals surface area contributed by atoms with Crippen molar-refractivity contribution in [2.45, 2.75) is 26.5 Å². The third-order valence-electron chi connectivity index (χ3n) is 3.34. The summed E-state index contributed by atoms with van der Waals surface area (Å²) in [6.07, 6.45) is 0. The van der Waals surface area contributed by atoms with Gasteiger partial charge in [-0.1, -0.05) is 6.07 Å². The maximum absolute atomic E-state index is 5.99. The molecule has 0 fully saturated rings. The molecule has 114 valence electrons. The Hall–Kier alpha value is -1.53. The van der Waals surface area contributed by atoms with E-state index in [0.717, 1.165) is 32.9 Å². The fourth-order valence-corrected chi connectivity index (χ4v) is 2.58. The Morgan fingerprint density at radius 3 is 2.67 bits per heavy atom. The molecule has 2 N–H and O–H groups in total. The summed E-state index contributed by atoms with van der Waals surface area (Å²) < 4.78 is 14.0. The van der Waals surface area contributed by atoms with Crippen LogP contribution in [-0.2, 0) is 13.7 Å². The van der Waals surface area contributed by atoms with Crippen LogP contribution in [0.15, 0.2) is 22.7 Å². The van der Waals surface area contributed by atoms with Crippen LogP contribution < -0.4 is 15.2 Å². The summed E-state index contributed by atoms with van der Waals surface area (Å²) in [5, 5.41) is 4.35. The lowest BCUT2D eigenvalue weighted by molar-refractivity contribution is 0.287. The summed E-state index contributed by atoms with van der Waals surface area (Å²) >= 11 is 3.54. The summed E-state index contributed by atoms with van der Waals surface area (Å²) in [6.45, 7) is 4.29. The molecule has 0 saturated heterocycles. The molecule has 0 radical (unpaired) electrons. The fraction of sp³-hybridized carbons (Fsp3) is 0.400. The first kappa shape index (κ1) is 15.9. The fourth-order valence-electron chi connectivity index (χ4n) is 2.13. The Morgan fingerprint density at radius 1 is 1.43 bits per heavy atom. The summed E-state index contributed by atoms with van der Waals surface area (Å²) in [7, 11) is 3.53. The van der Waals surface area contributed by atoms with Crippen LogP contribution in [-0.4, -0.2) is 16.9 Å². The van der Waals surface area contributed by atoms with Gasteiger partial charge in [-0.05, 0) is 35.8 Å². The first-order valence-corrected chi connectivity index (χ1v) is 7.47. The van der Waals surface area contributed by atoms with Crippen molar-refractivity contribution < 1.29 is 9.47 Å². The molecule has 1 atom stereocenters. The second-order valence-corrected chi connectivity index (χ2v) is 5.74. The highest BCUT2D eigenvalue weighted by Crippen LogP contribution is 2.30. The Balaban J connectivity index is 2.26. The number of benzene rings is 1. The van der Waals surface area contributed by atoms with Gasteiger partial charge in [0.2, 0.25) is 0 Å². The Kier molecular flexibility index (Phi) is 4.90. The number of halogens is 1. The maximum Gasteiger partial charge on any atom is 0.131 e. The van der Waals surface area contributed by atoms with Crippen molar-refractivity contribution in [3.8, 4) is 11.5 Å². The molecule has 0 saturated carbocycles. The SMILES string of the molecule is COc1ccc([C@@H](C)N)c(OCc2c(Br)c(C)nn2C)c1. The third kappa shape index (κ3) is 3.39. The lowest BCUT2D eigenvalue weighted by Gasteiger charge is -2.15. The van der Waals surface area contributed by atoms with E-state index >= 15 is 0 Å². The number of aryl methyl sites for hydroxylation is 2. The van der Waals surface area contributed by atoms with Gasteiger partial charge in [0.1, 0.15) is 18.1 Å². The summed E-state index contributed by atoms with van der Waals surface area (Å²) in [4.78, 5) is 0. The molecule has 0 aliphatic rings. The molecule has 0 bridgehead atoms. The van der Waals surface area contributed by atoms with E-state index in [0.29, 0.717) is 6.61 Å². The van der Waals surface area contributed by atoms with Gasteiger partial charge < -0.3 is 15.2 Å². The molecular weight excluding hydrogens is 334 g/mol. The highest BCUT2D eigenvalue weighted by molar-refractivity contribution is 9.10. The molecule has 1 aromatic heterocycles. The van der Waals surface area contributed by atoms with Gasteiger partial charge in [0, 0.05) is 24.7 Å². The zero-order chi connectivity index (χ0) is 15.6. The number of nitrogens with zero attached hydrogens (tertiary/aromatic N) is 2. The van der Waals surface area contributed by atoms with Crippen LogP contribution in [0.3, 0.4) is 0 Å². The molecule has 0 unspecified atom stereocenters. The zero-order valence-corrected chi connectivity index (χ0v) is 14.3. The van der Waals surface area contributed by atoms with Crippen molar-refractivity contribution in [1.29, 1.82) is 0 Å². The third-order valence-corrected chi connectivity index (χ3v) is 4.37. The molecule has 5 nitrogen and oxygen atoms in total. The second-order valence-electron chi connectivity index (χ2n) is 4.95. The van der Waals surface area contributed by atoms with E-state index in [1.54, 1.807) is 7.11 Å². The van der Waals surface area contributed by atoms with Crippen LogP contribution >= 0.6 is 15.9 Å². The second kappa shape index (κ2) is 6.49. The van der Waals surface area contributed by atoms with Crippen molar-refractivity contribution in [3.63, 3.8) is 0 Å². The normalized spacial score (nSPS) is 12.3. The van der Waals surface area contributed by atoms with Crippen molar-refractivity contribution in [2.24, 2.45) is 12.8 Å². The van der Waals surface area contributed by atoms with Crippen LogP contribution in [0, 0.1) is 6.92 Å². The van der Waals surface area contributed by atoms with Crippen molar-refractivity contribution in [3.05, 3.63) is 39.6 Å². The smallest absolute Gasteiger partial charge is 0.131 e. The van der Waals surface area contributed by atoms with E-state index in [9.17, 15) is 0 Å². The van der Waals surface area contributed by atoms with Crippen LogP contribution in [0.2, 0.25) is 0 Å². The number of nitrogens with two attached hydrogens (primary N) is 1. The average Bonchev–Trinajstić information content (AvgIpc) is 2.69. The number of methoxy groups -OCH3 is 1. The topological polar surface area (TPSA) is 62.3 Å². The monoisotopic (exact) mass is 353 g/mol. The molecule has 1 aromatic carbocycles. The van der Waals surface area contributed by atoms with Gasteiger partial charge in [-0.25, -0.2) is 0 Å². The van der Waals surface area contributed by atoms with E-state index in [2.05, 4.69) is 21.0 Å². The van der Waals surface area contributed by atoms with E-state index in [-0.39, 0.29) is 6.04 Å². The minimum atomic E-state index is -0.109. The standard InChI is InChI=1S/C15H20BrN3O2/c1-9(17)12-6-5-11(20-4)7-14(12)21-8-13-15(16)10(2)18-19(13)3/h5-7,9H,8,17H2,1-4H3/t9-/m1/s1. The Labute approximate surface area is 133 Å². The predicted octanol–water partition coefficient (Wildman–Crippen LogP) is 3.10. The first-order chi connectivity index (χ1) is 9.93. The Morgan fingerprint density at radius 2 is 2.14 bits per heavy atom. The van der Waals surface area contributed by atoms with Crippen LogP contribution in [0.25, 0.3) is 0 Å². The van der Waals surface area contributed by atoms with E-state index in [1.165, 1.54) is 0 Å². The van der Waals surface area contributed by atoms with Crippen molar-refractivity contribution in [1.82, 2.24) is 9.78 Å². The van der Waals surface area contributed by atoms with Crippen molar-refractivity contribution >= 4 is 15.9 Å². The highest BCUT2D eigenvalue weighted by Gasteiger charge is 2.14. The van der Waals surface area contributed by atoms with Gasteiger partial charge in [-0.3, -0.25) is 4.68 Å². The highest BCUT2D eigenvalue weighted by atomic mass is 79.9. The minimum Gasteiger partial charge on any atom is -0.497 e. The number of aromatic nitrogens is 2. The Bertz CT molecular complexity index is 638. The van der Waals surface area contributed by atoms with E-state index in [4.69, 9.17) is 15.2 Å². The molecular formula is C15H20BrN3O2. The summed E-state index contributed by atoms with van der Waals surface area (Å²) in [5.74, 6) is 1.48. The molecule has 1 heterocycles. The minimum absolute atomic E-state index is 0.109.